The van der Waals surface area contributed by atoms with E-state index in [9.17, 15) is 18.3 Å². The second kappa shape index (κ2) is 7.71. The zero-order valence-corrected chi connectivity index (χ0v) is 18.6. The van der Waals surface area contributed by atoms with Crippen molar-refractivity contribution in [3.8, 4) is 28.3 Å². The summed E-state index contributed by atoms with van der Waals surface area (Å²) in [7, 11) is 0. The van der Waals surface area contributed by atoms with E-state index < -0.39 is 11.7 Å². The Morgan fingerprint density at radius 2 is 1.69 bits per heavy atom. The number of aromatic hydroxyl groups is 1. The molecule has 0 saturated carbocycles. The molecule has 3 aromatic carbocycles. The van der Waals surface area contributed by atoms with Crippen molar-refractivity contribution >= 4 is 34.3 Å². The standard InChI is InChI=1S/C27H15ClF3N3O/c28-16-9-10-23-19(11-16)21(26(35)34-23)13-17-12-20-18-3-1-2-4-22(18)33-25(20)24(32-17)14-5-7-15(8-6-14)27(29,30)31/h1-13,34-35H/b17-13-. The molecule has 0 atom stereocenters. The van der Waals surface area contributed by atoms with Gasteiger partial charge < -0.3 is 10.1 Å². The first-order valence-electron chi connectivity index (χ1n) is 10.7. The van der Waals surface area contributed by atoms with Crippen molar-refractivity contribution in [3.05, 3.63) is 99.7 Å². The summed E-state index contributed by atoms with van der Waals surface area (Å²) in [6, 6.07) is 19.6. The number of aromatic amines is 1. The fourth-order valence-electron chi connectivity index (χ4n) is 4.35. The highest BCUT2D eigenvalue weighted by Gasteiger charge is 2.30. The molecule has 1 aliphatic heterocycles. The molecule has 0 amide bonds. The molecule has 1 aliphatic rings. The Morgan fingerprint density at radius 1 is 0.914 bits per heavy atom. The van der Waals surface area contributed by atoms with E-state index >= 15 is 0 Å². The summed E-state index contributed by atoms with van der Waals surface area (Å²) in [5.74, 6) is -0.0364. The van der Waals surface area contributed by atoms with Gasteiger partial charge in [0.25, 0.3) is 0 Å². The first-order chi connectivity index (χ1) is 16.8. The lowest BCUT2D eigenvalue weighted by molar-refractivity contribution is -0.137. The van der Waals surface area contributed by atoms with E-state index in [0.29, 0.717) is 38.1 Å². The van der Waals surface area contributed by atoms with Crippen LogP contribution in [0.4, 0.5) is 18.9 Å². The molecule has 4 nitrogen and oxygen atoms in total. The number of hydrogen-bond acceptors (Lipinski definition) is 3. The molecule has 0 unspecified atom stereocenters. The van der Waals surface area contributed by atoms with Crippen molar-refractivity contribution in [2.24, 2.45) is 4.99 Å². The molecule has 0 saturated heterocycles. The molecule has 0 bridgehead atoms. The van der Waals surface area contributed by atoms with Crippen molar-refractivity contribution in [2.75, 3.05) is 0 Å². The van der Waals surface area contributed by atoms with Gasteiger partial charge >= 0.3 is 6.18 Å². The van der Waals surface area contributed by atoms with Crippen LogP contribution in [0.2, 0.25) is 5.02 Å². The molecule has 0 spiro atoms. The van der Waals surface area contributed by atoms with Crippen LogP contribution >= 0.6 is 11.6 Å². The van der Waals surface area contributed by atoms with Crippen LogP contribution in [0.25, 0.3) is 39.4 Å². The lowest BCUT2D eigenvalue weighted by Gasteiger charge is -2.08. The number of fused-ring (bicyclic) bond motifs is 4. The molecule has 8 heteroatoms. The highest BCUT2D eigenvalue weighted by molar-refractivity contribution is 6.31. The van der Waals surface area contributed by atoms with E-state index in [1.807, 2.05) is 30.3 Å². The Morgan fingerprint density at radius 3 is 2.46 bits per heavy atom. The van der Waals surface area contributed by atoms with E-state index in [0.717, 1.165) is 34.3 Å². The number of benzene rings is 3. The van der Waals surface area contributed by atoms with Crippen LogP contribution in [0.5, 0.6) is 5.88 Å². The van der Waals surface area contributed by atoms with E-state index in [2.05, 4.69) is 4.98 Å². The molecule has 35 heavy (non-hydrogen) atoms. The Bertz CT molecular complexity index is 1760. The molecule has 172 valence electrons. The third-order valence-electron chi connectivity index (χ3n) is 6.00. The summed E-state index contributed by atoms with van der Waals surface area (Å²) in [6.07, 6.45) is -2.71. The van der Waals surface area contributed by atoms with Gasteiger partial charge in [-0.3, -0.25) is 0 Å². The summed E-state index contributed by atoms with van der Waals surface area (Å²) in [6.45, 7) is 0. The number of hydrogen-bond donors (Lipinski definition) is 2. The average Bonchev–Trinajstić information content (AvgIpc) is 3.35. The molecule has 2 aromatic heterocycles. The Labute approximate surface area is 201 Å². The summed E-state index contributed by atoms with van der Waals surface area (Å²) in [4.78, 5) is 12.4. The van der Waals surface area contributed by atoms with E-state index in [-0.39, 0.29) is 5.88 Å². The van der Waals surface area contributed by atoms with Crippen LogP contribution in [0.15, 0.2) is 77.8 Å². The van der Waals surface area contributed by atoms with Gasteiger partial charge in [-0.25, -0.2) is 9.98 Å². The smallest absolute Gasteiger partial charge is 0.416 e. The SMILES string of the molecule is Oc1[nH]c2ccc(Cl)cc2c1/C=c1/cc2c(c(-c3ccc(C(F)(F)F)cc3)n1)=Nc1ccccc1-2. The highest BCUT2D eigenvalue weighted by Crippen LogP contribution is 2.35. The van der Waals surface area contributed by atoms with Gasteiger partial charge in [0.05, 0.1) is 27.7 Å². The van der Waals surface area contributed by atoms with Gasteiger partial charge in [0.15, 0.2) is 5.88 Å². The predicted octanol–water partition coefficient (Wildman–Crippen LogP) is 6.37. The Balaban J connectivity index is 1.61. The summed E-state index contributed by atoms with van der Waals surface area (Å²) < 4.78 is 39.3. The quantitative estimate of drug-likeness (QED) is 0.297. The third-order valence-corrected chi connectivity index (χ3v) is 6.23. The molecule has 0 aliphatic carbocycles. The summed E-state index contributed by atoms with van der Waals surface area (Å²) in [5.41, 5.74) is 3.92. The number of rotatable bonds is 2. The third kappa shape index (κ3) is 3.65. The van der Waals surface area contributed by atoms with Gasteiger partial charge in [-0.2, -0.15) is 13.2 Å². The van der Waals surface area contributed by atoms with Crippen LogP contribution in [-0.4, -0.2) is 15.1 Å². The predicted molar refractivity (Wildman–Crippen MR) is 129 cm³/mol. The van der Waals surface area contributed by atoms with Gasteiger partial charge in [-0.1, -0.05) is 41.9 Å². The number of nitrogens with zero attached hydrogens (tertiary/aromatic N) is 2. The van der Waals surface area contributed by atoms with Crippen molar-refractivity contribution in [1.82, 2.24) is 9.97 Å². The van der Waals surface area contributed by atoms with Crippen molar-refractivity contribution in [2.45, 2.75) is 6.18 Å². The molecule has 2 N–H and O–H groups in total. The van der Waals surface area contributed by atoms with Gasteiger partial charge in [0.1, 0.15) is 0 Å². The monoisotopic (exact) mass is 489 g/mol. The molecular formula is C27H15ClF3N3O. The van der Waals surface area contributed by atoms with Crippen LogP contribution < -0.4 is 10.7 Å². The second-order valence-corrected chi connectivity index (χ2v) is 8.65. The number of para-hydroxylation sites is 1. The van der Waals surface area contributed by atoms with Crippen molar-refractivity contribution in [3.63, 3.8) is 0 Å². The van der Waals surface area contributed by atoms with Crippen LogP contribution in [0.3, 0.4) is 0 Å². The number of aromatic nitrogens is 2. The van der Waals surface area contributed by atoms with Crippen molar-refractivity contribution in [1.29, 1.82) is 0 Å². The first kappa shape index (κ1) is 21.4. The zero-order valence-electron chi connectivity index (χ0n) is 17.9. The Kier molecular flexibility index (Phi) is 4.72. The lowest BCUT2D eigenvalue weighted by atomic mass is 10.0. The molecular weight excluding hydrogens is 475 g/mol. The van der Waals surface area contributed by atoms with E-state index in [1.165, 1.54) is 12.1 Å². The average molecular weight is 490 g/mol. The second-order valence-electron chi connectivity index (χ2n) is 8.22. The van der Waals surface area contributed by atoms with Gasteiger partial charge in [-0.15, -0.1) is 0 Å². The van der Waals surface area contributed by atoms with E-state index in [1.54, 1.807) is 24.3 Å². The summed E-state index contributed by atoms with van der Waals surface area (Å²) in [5, 5.41) is 12.9. The number of pyridine rings is 1. The van der Waals surface area contributed by atoms with Gasteiger partial charge in [0.2, 0.25) is 0 Å². The minimum Gasteiger partial charge on any atom is -0.494 e. The largest absolute Gasteiger partial charge is 0.494 e. The molecule has 3 heterocycles. The summed E-state index contributed by atoms with van der Waals surface area (Å²) >= 11 is 6.17. The molecule has 5 aromatic rings. The number of H-pyrrole nitrogens is 1. The van der Waals surface area contributed by atoms with E-state index in [4.69, 9.17) is 21.6 Å². The molecule has 0 fully saturated rings. The minimum absolute atomic E-state index is 0.0364. The maximum absolute atomic E-state index is 13.1. The van der Waals surface area contributed by atoms with Crippen molar-refractivity contribution < 1.29 is 18.3 Å². The van der Waals surface area contributed by atoms with Gasteiger partial charge in [0, 0.05) is 38.2 Å². The minimum atomic E-state index is -4.43. The Hall–Kier alpha value is -4.10. The van der Waals surface area contributed by atoms with Crippen LogP contribution in [0, 0.1) is 0 Å². The maximum atomic E-state index is 13.1. The molecule has 0 radical (unpaired) electrons. The first-order valence-corrected chi connectivity index (χ1v) is 11.0. The lowest BCUT2D eigenvalue weighted by Crippen LogP contribution is -2.19. The maximum Gasteiger partial charge on any atom is 0.416 e. The fourth-order valence-corrected chi connectivity index (χ4v) is 4.53. The normalized spacial score (nSPS) is 13.1. The molecule has 6 rings (SSSR count). The topological polar surface area (TPSA) is 61.3 Å². The highest BCUT2D eigenvalue weighted by atomic mass is 35.5. The zero-order chi connectivity index (χ0) is 24.3. The van der Waals surface area contributed by atoms with Crippen LogP contribution in [0.1, 0.15) is 11.1 Å². The number of alkyl halides is 3. The number of halogens is 4. The van der Waals surface area contributed by atoms with Gasteiger partial charge in [-0.05, 0) is 48.5 Å². The van der Waals surface area contributed by atoms with Crippen LogP contribution in [-0.2, 0) is 6.18 Å². The fraction of sp³-hybridized carbons (Fsp3) is 0.0370. The number of nitrogens with one attached hydrogen (secondary N) is 1.